The van der Waals surface area contributed by atoms with Gasteiger partial charge in [-0.05, 0) is 41.8 Å². The summed E-state index contributed by atoms with van der Waals surface area (Å²) in [5, 5.41) is 3.59. The normalized spacial score (nSPS) is 15.3. The van der Waals surface area contributed by atoms with Crippen molar-refractivity contribution in [2.24, 2.45) is 0 Å². The van der Waals surface area contributed by atoms with Gasteiger partial charge in [-0.15, -0.1) is 0 Å². The van der Waals surface area contributed by atoms with Gasteiger partial charge in [0.1, 0.15) is 18.1 Å². The van der Waals surface area contributed by atoms with E-state index in [4.69, 9.17) is 9.47 Å². The lowest BCUT2D eigenvalue weighted by atomic mass is 10.0. The summed E-state index contributed by atoms with van der Waals surface area (Å²) in [6, 6.07) is 24.9. The first kappa shape index (κ1) is 15.6. The molecule has 1 unspecified atom stereocenters. The second-order valence-corrected chi connectivity index (χ2v) is 6.24. The number of benzene rings is 3. The molecule has 0 amide bonds. The van der Waals surface area contributed by atoms with Crippen molar-refractivity contribution < 1.29 is 9.47 Å². The zero-order valence-electron chi connectivity index (χ0n) is 14.2. The molecular weight excluding hydrogens is 310 g/mol. The molecule has 1 heterocycles. The number of fused-ring (bicyclic) bond motifs is 1. The van der Waals surface area contributed by atoms with E-state index >= 15 is 0 Å². The molecule has 0 saturated carbocycles. The summed E-state index contributed by atoms with van der Waals surface area (Å²) in [5.41, 5.74) is 4.81. The summed E-state index contributed by atoms with van der Waals surface area (Å²) < 4.78 is 11.5. The van der Waals surface area contributed by atoms with Crippen LogP contribution in [0, 0.1) is 0 Å². The van der Waals surface area contributed by atoms with Gasteiger partial charge in [0.15, 0.2) is 0 Å². The number of para-hydroxylation sites is 1. The van der Waals surface area contributed by atoms with Gasteiger partial charge < -0.3 is 14.8 Å². The van der Waals surface area contributed by atoms with E-state index in [1.165, 1.54) is 22.4 Å². The summed E-state index contributed by atoms with van der Waals surface area (Å²) >= 11 is 0. The molecule has 3 aromatic rings. The average Bonchev–Trinajstić information content (AvgIpc) is 3.10. The minimum absolute atomic E-state index is 0.232. The van der Waals surface area contributed by atoms with Gasteiger partial charge >= 0.3 is 0 Å². The van der Waals surface area contributed by atoms with E-state index in [9.17, 15) is 0 Å². The van der Waals surface area contributed by atoms with Crippen molar-refractivity contribution in [2.45, 2.75) is 19.1 Å². The van der Waals surface area contributed by atoms with Crippen molar-refractivity contribution in [3.8, 4) is 11.5 Å². The number of hydrogen-bond acceptors (Lipinski definition) is 3. The maximum Gasteiger partial charge on any atom is 0.124 e. The smallest absolute Gasteiger partial charge is 0.124 e. The van der Waals surface area contributed by atoms with Crippen molar-refractivity contribution in [1.82, 2.24) is 0 Å². The molecule has 0 fully saturated rings. The van der Waals surface area contributed by atoms with E-state index in [2.05, 4.69) is 41.7 Å². The van der Waals surface area contributed by atoms with Crippen LogP contribution in [0.3, 0.4) is 0 Å². The van der Waals surface area contributed by atoms with Gasteiger partial charge in [0.05, 0.1) is 13.2 Å². The molecule has 0 aliphatic carbocycles. The highest BCUT2D eigenvalue weighted by molar-refractivity contribution is 5.61. The van der Waals surface area contributed by atoms with Gasteiger partial charge in [-0.1, -0.05) is 48.5 Å². The molecule has 1 aliphatic rings. The van der Waals surface area contributed by atoms with Crippen molar-refractivity contribution in [1.29, 1.82) is 0 Å². The van der Waals surface area contributed by atoms with E-state index < -0.39 is 0 Å². The summed E-state index contributed by atoms with van der Waals surface area (Å²) in [7, 11) is 1.72. The van der Waals surface area contributed by atoms with E-state index in [-0.39, 0.29) is 6.04 Å². The predicted molar refractivity (Wildman–Crippen MR) is 100 cm³/mol. The number of nitrogens with one attached hydrogen (secondary N) is 1. The zero-order chi connectivity index (χ0) is 17.1. The van der Waals surface area contributed by atoms with Gasteiger partial charge in [-0.3, -0.25) is 0 Å². The van der Waals surface area contributed by atoms with Crippen molar-refractivity contribution in [2.75, 3.05) is 12.4 Å². The molecule has 3 nitrogen and oxygen atoms in total. The first-order valence-corrected chi connectivity index (χ1v) is 8.52. The van der Waals surface area contributed by atoms with E-state index in [0.29, 0.717) is 6.61 Å². The molecule has 4 rings (SSSR count). The molecule has 1 atom stereocenters. The highest BCUT2D eigenvalue weighted by Crippen LogP contribution is 2.39. The first-order chi connectivity index (χ1) is 12.3. The molecule has 126 valence electrons. The Kier molecular flexibility index (Phi) is 4.30. The fourth-order valence-electron chi connectivity index (χ4n) is 3.31. The largest absolute Gasteiger partial charge is 0.496 e. The first-order valence-electron chi connectivity index (χ1n) is 8.52. The van der Waals surface area contributed by atoms with E-state index in [1.54, 1.807) is 7.11 Å². The molecule has 0 bridgehead atoms. The van der Waals surface area contributed by atoms with Crippen LogP contribution in [-0.4, -0.2) is 7.11 Å². The van der Waals surface area contributed by atoms with Gasteiger partial charge in [0.25, 0.3) is 0 Å². The minimum atomic E-state index is 0.232. The third-order valence-corrected chi connectivity index (χ3v) is 4.59. The van der Waals surface area contributed by atoms with Crippen molar-refractivity contribution in [3.63, 3.8) is 0 Å². The number of methoxy groups -OCH3 is 1. The monoisotopic (exact) mass is 331 g/mol. The van der Waals surface area contributed by atoms with Crippen LogP contribution >= 0.6 is 0 Å². The standard InChI is InChI=1S/C22H21NO2/c1-24-22-10-6-5-9-19(22)21-14-17-13-18(11-12-20(17)23-21)25-15-16-7-3-2-4-8-16/h2-13,21,23H,14-15H2,1H3. The third kappa shape index (κ3) is 3.31. The summed E-state index contributed by atoms with van der Waals surface area (Å²) in [5.74, 6) is 1.83. The molecule has 0 radical (unpaired) electrons. The Balaban J connectivity index is 1.48. The van der Waals surface area contributed by atoms with Gasteiger partial charge in [0.2, 0.25) is 0 Å². The predicted octanol–water partition coefficient (Wildman–Crippen LogP) is 4.98. The third-order valence-electron chi connectivity index (χ3n) is 4.59. The summed E-state index contributed by atoms with van der Waals surface area (Å²) in [4.78, 5) is 0. The quantitative estimate of drug-likeness (QED) is 0.715. The van der Waals surface area contributed by atoms with Gasteiger partial charge in [-0.25, -0.2) is 0 Å². The van der Waals surface area contributed by atoms with Crippen LogP contribution in [0.2, 0.25) is 0 Å². The Morgan fingerprint density at radius 1 is 0.960 bits per heavy atom. The molecule has 0 spiro atoms. The number of rotatable bonds is 5. The second-order valence-electron chi connectivity index (χ2n) is 6.24. The molecule has 1 N–H and O–H groups in total. The Bertz CT molecular complexity index is 861. The topological polar surface area (TPSA) is 30.5 Å². The second kappa shape index (κ2) is 6.89. The van der Waals surface area contributed by atoms with E-state index in [1.807, 2.05) is 36.4 Å². The van der Waals surface area contributed by atoms with Crippen molar-refractivity contribution >= 4 is 5.69 Å². The van der Waals surface area contributed by atoms with E-state index in [0.717, 1.165) is 17.9 Å². The Morgan fingerprint density at radius 2 is 1.76 bits per heavy atom. The highest BCUT2D eigenvalue weighted by atomic mass is 16.5. The van der Waals surface area contributed by atoms with Crippen LogP contribution in [0.15, 0.2) is 72.8 Å². The number of ether oxygens (including phenoxy) is 2. The number of anilines is 1. The maximum atomic E-state index is 5.95. The zero-order valence-corrected chi connectivity index (χ0v) is 14.2. The highest BCUT2D eigenvalue weighted by Gasteiger charge is 2.24. The van der Waals surface area contributed by atoms with Crippen LogP contribution in [-0.2, 0) is 13.0 Å². The van der Waals surface area contributed by atoms with Crippen LogP contribution in [0.1, 0.15) is 22.7 Å². The van der Waals surface area contributed by atoms with Crippen LogP contribution in [0.4, 0.5) is 5.69 Å². The SMILES string of the molecule is COc1ccccc1C1Cc2cc(OCc3ccccc3)ccc2N1. The Hall–Kier alpha value is -2.94. The average molecular weight is 331 g/mol. The summed E-state index contributed by atoms with van der Waals surface area (Å²) in [6.07, 6.45) is 0.929. The Labute approximate surface area is 148 Å². The molecule has 25 heavy (non-hydrogen) atoms. The lowest BCUT2D eigenvalue weighted by Gasteiger charge is -2.15. The fraction of sp³-hybridized carbons (Fsp3) is 0.182. The summed E-state index contributed by atoms with van der Waals surface area (Å²) in [6.45, 7) is 0.586. The lowest BCUT2D eigenvalue weighted by molar-refractivity contribution is 0.306. The molecule has 3 aromatic carbocycles. The van der Waals surface area contributed by atoms with Crippen LogP contribution in [0.25, 0.3) is 0 Å². The maximum absolute atomic E-state index is 5.95. The molecule has 3 heteroatoms. The number of hydrogen-bond donors (Lipinski definition) is 1. The molecule has 0 aromatic heterocycles. The Morgan fingerprint density at radius 3 is 2.60 bits per heavy atom. The lowest BCUT2D eigenvalue weighted by Crippen LogP contribution is -2.07. The van der Waals surface area contributed by atoms with Gasteiger partial charge in [0, 0.05) is 11.3 Å². The molecule has 0 saturated heterocycles. The minimum Gasteiger partial charge on any atom is -0.496 e. The van der Waals surface area contributed by atoms with Crippen LogP contribution < -0.4 is 14.8 Å². The fourth-order valence-corrected chi connectivity index (χ4v) is 3.31. The molecular formula is C22H21NO2. The molecule has 1 aliphatic heterocycles. The van der Waals surface area contributed by atoms with Crippen LogP contribution in [0.5, 0.6) is 11.5 Å². The van der Waals surface area contributed by atoms with Crippen molar-refractivity contribution in [3.05, 3.63) is 89.5 Å². The van der Waals surface area contributed by atoms with Gasteiger partial charge in [-0.2, -0.15) is 0 Å².